The lowest BCUT2D eigenvalue weighted by molar-refractivity contribution is -0.116. The summed E-state index contributed by atoms with van der Waals surface area (Å²) in [6.07, 6.45) is 2.90. The predicted octanol–water partition coefficient (Wildman–Crippen LogP) is 1.89. The number of thiazole rings is 1. The highest BCUT2D eigenvalue weighted by atomic mass is 32.1. The molecule has 2 rings (SSSR count). The molecule has 25 heavy (non-hydrogen) atoms. The van der Waals surface area contributed by atoms with Gasteiger partial charge in [-0.15, -0.1) is 11.3 Å². The van der Waals surface area contributed by atoms with E-state index in [-0.39, 0.29) is 5.91 Å². The average molecular weight is 360 g/mol. The zero-order valence-electron chi connectivity index (χ0n) is 14.8. The molecule has 134 valence electrons. The molecule has 2 heterocycles. The maximum atomic E-state index is 11.9. The molecule has 0 saturated carbocycles. The topological polar surface area (TPSA) is 91.3 Å². The Hall–Kier alpha value is -2.48. The molecule has 0 aliphatic rings. The van der Waals surface area contributed by atoms with Crippen molar-refractivity contribution in [1.29, 1.82) is 0 Å². The van der Waals surface area contributed by atoms with Gasteiger partial charge in [-0.05, 0) is 25.5 Å². The minimum atomic E-state index is -0.0859. The third-order valence-electron chi connectivity index (χ3n) is 3.39. The van der Waals surface area contributed by atoms with Gasteiger partial charge in [0.25, 0.3) is 0 Å². The van der Waals surface area contributed by atoms with Gasteiger partial charge in [0.2, 0.25) is 5.91 Å². The SMILES string of the molecule is CN=C(NCCC(=O)Nc1ccc(C)cn1)NCCc1csc(C)n1. The van der Waals surface area contributed by atoms with Crippen LogP contribution < -0.4 is 16.0 Å². The number of aliphatic imine (C=N–C) groups is 1. The third-order valence-corrected chi connectivity index (χ3v) is 4.21. The van der Waals surface area contributed by atoms with Crippen molar-refractivity contribution in [3.05, 3.63) is 40.0 Å². The van der Waals surface area contributed by atoms with Crippen molar-refractivity contribution in [2.24, 2.45) is 4.99 Å². The molecule has 0 fully saturated rings. The minimum Gasteiger partial charge on any atom is -0.356 e. The number of aryl methyl sites for hydroxylation is 2. The van der Waals surface area contributed by atoms with E-state index in [0.717, 1.165) is 29.2 Å². The van der Waals surface area contributed by atoms with Gasteiger partial charge >= 0.3 is 0 Å². The van der Waals surface area contributed by atoms with Crippen molar-refractivity contribution in [2.45, 2.75) is 26.7 Å². The van der Waals surface area contributed by atoms with Crippen LogP contribution in [0.25, 0.3) is 0 Å². The number of rotatable bonds is 7. The zero-order valence-corrected chi connectivity index (χ0v) is 15.6. The van der Waals surface area contributed by atoms with Crippen molar-refractivity contribution in [3.8, 4) is 0 Å². The molecule has 2 aromatic heterocycles. The Morgan fingerprint density at radius 3 is 2.68 bits per heavy atom. The fourth-order valence-electron chi connectivity index (χ4n) is 2.09. The largest absolute Gasteiger partial charge is 0.356 e. The third kappa shape index (κ3) is 6.88. The van der Waals surface area contributed by atoms with Gasteiger partial charge in [-0.25, -0.2) is 9.97 Å². The molecule has 0 aliphatic heterocycles. The number of amides is 1. The lowest BCUT2D eigenvalue weighted by Gasteiger charge is -2.11. The summed E-state index contributed by atoms with van der Waals surface area (Å²) < 4.78 is 0. The molecule has 7 nitrogen and oxygen atoms in total. The van der Waals surface area contributed by atoms with E-state index in [0.29, 0.717) is 24.7 Å². The average Bonchev–Trinajstić information content (AvgIpc) is 3.01. The number of aromatic nitrogens is 2. The molecule has 0 aromatic carbocycles. The molecule has 0 bridgehead atoms. The molecule has 0 spiro atoms. The quantitative estimate of drug-likeness (QED) is 0.518. The number of guanidine groups is 1. The van der Waals surface area contributed by atoms with Gasteiger partial charge in [-0.1, -0.05) is 6.07 Å². The number of nitrogens with one attached hydrogen (secondary N) is 3. The molecular weight excluding hydrogens is 336 g/mol. The Labute approximate surface area is 152 Å². The van der Waals surface area contributed by atoms with Crippen molar-refractivity contribution >= 4 is 29.0 Å². The summed E-state index contributed by atoms with van der Waals surface area (Å²) in [5.74, 6) is 1.15. The molecule has 0 unspecified atom stereocenters. The number of hydrogen-bond donors (Lipinski definition) is 3. The smallest absolute Gasteiger partial charge is 0.227 e. The van der Waals surface area contributed by atoms with Gasteiger partial charge in [0, 0.05) is 44.6 Å². The van der Waals surface area contributed by atoms with E-state index in [2.05, 4.69) is 36.3 Å². The van der Waals surface area contributed by atoms with Crippen LogP contribution in [0.2, 0.25) is 0 Å². The van der Waals surface area contributed by atoms with Gasteiger partial charge in [0.15, 0.2) is 5.96 Å². The molecule has 3 N–H and O–H groups in total. The van der Waals surface area contributed by atoms with Gasteiger partial charge < -0.3 is 16.0 Å². The first-order chi connectivity index (χ1) is 12.1. The standard InChI is InChI=1S/C17H24N6OS/c1-12-4-5-15(21-10-12)23-16(24)7-9-20-17(18-3)19-8-6-14-11-25-13(2)22-14/h4-5,10-11H,6-9H2,1-3H3,(H2,18,19,20)(H,21,23,24). The Bertz CT molecular complexity index is 710. The highest BCUT2D eigenvalue weighted by molar-refractivity contribution is 7.09. The molecule has 0 aliphatic carbocycles. The monoisotopic (exact) mass is 360 g/mol. The Kier molecular flexibility index (Phi) is 7.34. The van der Waals surface area contributed by atoms with E-state index in [4.69, 9.17) is 0 Å². The van der Waals surface area contributed by atoms with Crippen LogP contribution in [0.1, 0.15) is 22.7 Å². The van der Waals surface area contributed by atoms with E-state index < -0.39 is 0 Å². The fourth-order valence-corrected chi connectivity index (χ4v) is 2.74. The highest BCUT2D eigenvalue weighted by Gasteiger charge is 2.05. The summed E-state index contributed by atoms with van der Waals surface area (Å²) in [4.78, 5) is 24.6. The zero-order chi connectivity index (χ0) is 18.1. The highest BCUT2D eigenvalue weighted by Crippen LogP contribution is 2.07. The van der Waals surface area contributed by atoms with E-state index >= 15 is 0 Å². The second-order valence-corrected chi connectivity index (χ2v) is 6.61. The van der Waals surface area contributed by atoms with Crippen LogP contribution in [-0.2, 0) is 11.2 Å². The van der Waals surface area contributed by atoms with E-state index in [9.17, 15) is 4.79 Å². The molecule has 2 aromatic rings. The number of carbonyl (C=O) groups is 1. The number of hydrogen-bond acceptors (Lipinski definition) is 5. The van der Waals surface area contributed by atoms with Crippen molar-refractivity contribution in [1.82, 2.24) is 20.6 Å². The van der Waals surface area contributed by atoms with E-state index in [1.54, 1.807) is 30.6 Å². The molecular formula is C17H24N6OS. The Morgan fingerprint density at radius 1 is 1.24 bits per heavy atom. The summed E-state index contributed by atoms with van der Waals surface area (Å²) in [5, 5.41) is 12.3. The predicted molar refractivity (Wildman–Crippen MR) is 102 cm³/mol. The van der Waals surface area contributed by atoms with Gasteiger partial charge in [-0.2, -0.15) is 0 Å². The van der Waals surface area contributed by atoms with E-state index in [1.807, 2.05) is 19.9 Å². The van der Waals surface area contributed by atoms with Crippen LogP contribution in [0, 0.1) is 13.8 Å². The fraction of sp³-hybridized carbons (Fsp3) is 0.412. The number of pyridine rings is 1. The van der Waals surface area contributed by atoms with Crippen LogP contribution in [0.5, 0.6) is 0 Å². The normalized spacial score (nSPS) is 11.2. The van der Waals surface area contributed by atoms with Crippen LogP contribution in [0.15, 0.2) is 28.7 Å². The molecule has 0 saturated heterocycles. The molecule has 0 radical (unpaired) electrons. The summed E-state index contributed by atoms with van der Waals surface area (Å²) >= 11 is 1.65. The van der Waals surface area contributed by atoms with Crippen LogP contribution in [0.3, 0.4) is 0 Å². The van der Waals surface area contributed by atoms with Gasteiger partial charge in [0.05, 0.1) is 10.7 Å². The number of nitrogens with zero attached hydrogens (tertiary/aromatic N) is 3. The number of anilines is 1. The van der Waals surface area contributed by atoms with Crippen molar-refractivity contribution in [3.63, 3.8) is 0 Å². The first-order valence-corrected chi connectivity index (χ1v) is 9.03. The first kappa shape index (κ1) is 18.9. The second-order valence-electron chi connectivity index (χ2n) is 5.55. The summed E-state index contributed by atoms with van der Waals surface area (Å²) in [6, 6.07) is 3.71. The molecule has 1 amide bonds. The lowest BCUT2D eigenvalue weighted by Crippen LogP contribution is -2.39. The molecule has 0 atom stereocenters. The van der Waals surface area contributed by atoms with Crippen LogP contribution in [-0.4, -0.2) is 42.0 Å². The summed E-state index contributed by atoms with van der Waals surface area (Å²) in [7, 11) is 1.71. The Balaban J connectivity index is 1.64. The Morgan fingerprint density at radius 2 is 2.04 bits per heavy atom. The van der Waals surface area contributed by atoms with Crippen LogP contribution >= 0.6 is 11.3 Å². The lowest BCUT2D eigenvalue weighted by atomic mass is 10.3. The van der Waals surface area contributed by atoms with Crippen molar-refractivity contribution in [2.75, 3.05) is 25.5 Å². The van der Waals surface area contributed by atoms with Gasteiger partial charge in [0.1, 0.15) is 5.82 Å². The van der Waals surface area contributed by atoms with Crippen LogP contribution in [0.4, 0.5) is 5.82 Å². The first-order valence-electron chi connectivity index (χ1n) is 8.15. The minimum absolute atomic E-state index is 0.0859. The van der Waals surface area contributed by atoms with Gasteiger partial charge in [-0.3, -0.25) is 9.79 Å². The summed E-state index contributed by atoms with van der Waals surface area (Å²) in [6.45, 7) is 5.19. The maximum Gasteiger partial charge on any atom is 0.227 e. The summed E-state index contributed by atoms with van der Waals surface area (Å²) in [5.41, 5.74) is 2.14. The maximum absolute atomic E-state index is 11.9. The second kappa shape index (κ2) is 9.73. The number of carbonyl (C=O) groups excluding carboxylic acids is 1. The van der Waals surface area contributed by atoms with E-state index in [1.165, 1.54) is 0 Å². The van der Waals surface area contributed by atoms with Crippen molar-refractivity contribution < 1.29 is 4.79 Å². The molecule has 8 heteroatoms.